The van der Waals surface area contributed by atoms with Crippen molar-refractivity contribution >= 4 is 11.3 Å². The number of phenols is 1. The molecule has 16 heavy (non-hydrogen) atoms. The van der Waals surface area contributed by atoms with Crippen molar-refractivity contribution in [2.75, 3.05) is 0 Å². The zero-order valence-electron chi connectivity index (χ0n) is 9.23. The average Bonchev–Trinajstić information content (AvgIpc) is 2.79. The summed E-state index contributed by atoms with van der Waals surface area (Å²) in [5.41, 5.74) is 1.06. The van der Waals surface area contributed by atoms with Crippen molar-refractivity contribution in [1.29, 1.82) is 0 Å². The summed E-state index contributed by atoms with van der Waals surface area (Å²) < 4.78 is 0. The molecule has 0 fully saturated rings. The molecule has 0 saturated heterocycles. The van der Waals surface area contributed by atoms with Crippen LogP contribution < -0.4 is 0 Å². The van der Waals surface area contributed by atoms with Crippen LogP contribution in [0, 0.1) is 0 Å². The zero-order chi connectivity index (χ0) is 11.2. The summed E-state index contributed by atoms with van der Waals surface area (Å²) in [5.74, 6) is 0.429. The van der Waals surface area contributed by atoms with Gasteiger partial charge in [-0.05, 0) is 48.8 Å². The number of unbranched alkanes of at least 4 members (excludes halogenated alkanes) is 1. The van der Waals surface area contributed by atoms with Gasteiger partial charge in [0.15, 0.2) is 0 Å². The van der Waals surface area contributed by atoms with Crippen molar-refractivity contribution in [1.82, 2.24) is 0 Å². The molecule has 0 unspecified atom stereocenters. The van der Waals surface area contributed by atoms with Crippen LogP contribution in [0.5, 0.6) is 5.75 Å². The standard InChI is InChI=1S/C14H16OS/c15-14-10-4-2-7-12(14)6-1-3-8-13-9-5-11-16-13/h2,4-5,7,9-11,15H,1,3,6,8H2. The largest absolute Gasteiger partial charge is 0.508 e. The molecular weight excluding hydrogens is 216 g/mol. The first kappa shape index (κ1) is 11.2. The molecule has 1 heterocycles. The number of thiophene rings is 1. The SMILES string of the molecule is Oc1ccccc1CCCCc1cccs1. The molecule has 2 rings (SSSR count). The molecule has 0 aliphatic carbocycles. The predicted octanol–water partition coefficient (Wildman–Crippen LogP) is 4.02. The van der Waals surface area contributed by atoms with Crippen LogP contribution in [0.3, 0.4) is 0 Å². The molecular formula is C14H16OS. The Balaban J connectivity index is 1.74. The van der Waals surface area contributed by atoms with Gasteiger partial charge < -0.3 is 5.11 Å². The van der Waals surface area contributed by atoms with Gasteiger partial charge in [-0.3, -0.25) is 0 Å². The third-order valence-corrected chi connectivity index (χ3v) is 3.63. The maximum absolute atomic E-state index is 9.60. The van der Waals surface area contributed by atoms with Gasteiger partial charge in [-0.15, -0.1) is 11.3 Å². The van der Waals surface area contributed by atoms with Gasteiger partial charge in [0.05, 0.1) is 0 Å². The van der Waals surface area contributed by atoms with E-state index in [0.717, 1.165) is 24.8 Å². The van der Waals surface area contributed by atoms with E-state index in [1.54, 1.807) is 6.07 Å². The van der Waals surface area contributed by atoms with Crippen LogP contribution in [0.1, 0.15) is 23.3 Å². The Kier molecular flexibility index (Phi) is 4.00. The fraction of sp³-hybridized carbons (Fsp3) is 0.286. The van der Waals surface area contributed by atoms with Crippen molar-refractivity contribution in [3.05, 3.63) is 52.2 Å². The fourth-order valence-electron chi connectivity index (χ4n) is 1.79. The van der Waals surface area contributed by atoms with Gasteiger partial charge in [0, 0.05) is 4.88 Å². The minimum atomic E-state index is 0.429. The number of phenolic OH excluding ortho intramolecular Hbond substituents is 1. The molecule has 84 valence electrons. The molecule has 0 aliphatic rings. The third-order valence-electron chi connectivity index (χ3n) is 2.69. The van der Waals surface area contributed by atoms with E-state index < -0.39 is 0 Å². The molecule has 1 aromatic heterocycles. The van der Waals surface area contributed by atoms with E-state index in [0.29, 0.717) is 5.75 Å². The van der Waals surface area contributed by atoms with E-state index in [1.165, 1.54) is 11.3 Å². The lowest BCUT2D eigenvalue weighted by Gasteiger charge is -2.03. The van der Waals surface area contributed by atoms with Crippen molar-refractivity contribution < 1.29 is 5.11 Å². The predicted molar refractivity (Wildman–Crippen MR) is 69.1 cm³/mol. The summed E-state index contributed by atoms with van der Waals surface area (Å²) in [4.78, 5) is 1.46. The summed E-state index contributed by atoms with van der Waals surface area (Å²) >= 11 is 1.82. The summed E-state index contributed by atoms with van der Waals surface area (Å²) in [6, 6.07) is 11.9. The second kappa shape index (κ2) is 5.71. The Morgan fingerprint density at radius 2 is 1.75 bits per heavy atom. The molecule has 0 atom stereocenters. The first-order chi connectivity index (χ1) is 7.86. The number of aryl methyl sites for hydroxylation is 2. The molecule has 1 aromatic carbocycles. The molecule has 0 spiro atoms. The minimum Gasteiger partial charge on any atom is -0.508 e. The Morgan fingerprint density at radius 1 is 0.938 bits per heavy atom. The van der Waals surface area contributed by atoms with Crippen LogP contribution in [-0.2, 0) is 12.8 Å². The second-order valence-electron chi connectivity index (χ2n) is 3.92. The average molecular weight is 232 g/mol. The Labute approximate surface area is 100 Å². The smallest absolute Gasteiger partial charge is 0.118 e. The van der Waals surface area contributed by atoms with E-state index in [2.05, 4.69) is 17.5 Å². The van der Waals surface area contributed by atoms with Gasteiger partial charge in [-0.1, -0.05) is 24.3 Å². The van der Waals surface area contributed by atoms with Crippen LogP contribution in [0.4, 0.5) is 0 Å². The number of aromatic hydroxyl groups is 1. The van der Waals surface area contributed by atoms with E-state index in [9.17, 15) is 5.11 Å². The number of rotatable bonds is 5. The first-order valence-electron chi connectivity index (χ1n) is 5.65. The highest BCUT2D eigenvalue weighted by Crippen LogP contribution is 2.19. The monoisotopic (exact) mass is 232 g/mol. The Morgan fingerprint density at radius 3 is 2.50 bits per heavy atom. The van der Waals surface area contributed by atoms with E-state index >= 15 is 0 Å². The fourth-order valence-corrected chi connectivity index (χ4v) is 2.54. The molecule has 0 bridgehead atoms. The number of benzene rings is 1. The van der Waals surface area contributed by atoms with Crippen LogP contribution >= 0.6 is 11.3 Å². The van der Waals surface area contributed by atoms with Gasteiger partial charge in [0.1, 0.15) is 5.75 Å². The molecule has 2 aromatic rings. The van der Waals surface area contributed by atoms with Crippen LogP contribution in [-0.4, -0.2) is 5.11 Å². The maximum Gasteiger partial charge on any atom is 0.118 e. The Hall–Kier alpha value is -1.28. The van der Waals surface area contributed by atoms with E-state index in [4.69, 9.17) is 0 Å². The second-order valence-corrected chi connectivity index (χ2v) is 4.95. The molecule has 1 N–H and O–H groups in total. The summed E-state index contributed by atoms with van der Waals surface area (Å²) in [5, 5.41) is 11.7. The number of para-hydroxylation sites is 1. The lowest BCUT2D eigenvalue weighted by molar-refractivity contribution is 0.466. The van der Waals surface area contributed by atoms with E-state index in [1.807, 2.05) is 29.5 Å². The maximum atomic E-state index is 9.60. The van der Waals surface area contributed by atoms with Crippen LogP contribution in [0.25, 0.3) is 0 Å². The molecule has 0 amide bonds. The van der Waals surface area contributed by atoms with Crippen molar-refractivity contribution in [2.24, 2.45) is 0 Å². The van der Waals surface area contributed by atoms with Gasteiger partial charge in [0.2, 0.25) is 0 Å². The quantitative estimate of drug-likeness (QED) is 0.772. The highest BCUT2D eigenvalue weighted by Gasteiger charge is 1.99. The third kappa shape index (κ3) is 3.11. The summed E-state index contributed by atoms with van der Waals surface area (Å²) in [7, 11) is 0. The van der Waals surface area contributed by atoms with Crippen LogP contribution in [0.2, 0.25) is 0 Å². The highest BCUT2D eigenvalue weighted by atomic mass is 32.1. The lowest BCUT2D eigenvalue weighted by atomic mass is 10.1. The van der Waals surface area contributed by atoms with Crippen molar-refractivity contribution in [2.45, 2.75) is 25.7 Å². The molecule has 0 saturated carbocycles. The van der Waals surface area contributed by atoms with Gasteiger partial charge >= 0.3 is 0 Å². The molecule has 0 radical (unpaired) electrons. The van der Waals surface area contributed by atoms with Gasteiger partial charge in [0.25, 0.3) is 0 Å². The number of hydrogen-bond acceptors (Lipinski definition) is 2. The topological polar surface area (TPSA) is 20.2 Å². The van der Waals surface area contributed by atoms with Crippen molar-refractivity contribution in [3.8, 4) is 5.75 Å². The van der Waals surface area contributed by atoms with Gasteiger partial charge in [-0.25, -0.2) is 0 Å². The summed E-state index contributed by atoms with van der Waals surface area (Å²) in [6.45, 7) is 0. The molecule has 0 aliphatic heterocycles. The molecule has 2 heteroatoms. The summed E-state index contributed by atoms with van der Waals surface area (Å²) in [6.07, 6.45) is 4.45. The zero-order valence-corrected chi connectivity index (χ0v) is 10.0. The highest BCUT2D eigenvalue weighted by molar-refractivity contribution is 7.09. The normalized spacial score (nSPS) is 10.5. The van der Waals surface area contributed by atoms with E-state index in [-0.39, 0.29) is 0 Å². The first-order valence-corrected chi connectivity index (χ1v) is 6.53. The molecule has 1 nitrogen and oxygen atoms in total. The van der Waals surface area contributed by atoms with Crippen LogP contribution in [0.15, 0.2) is 41.8 Å². The Bertz CT molecular complexity index is 420. The minimum absolute atomic E-state index is 0.429. The number of hydrogen-bond donors (Lipinski definition) is 1. The lowest BCUT2D eigenvalue weighted by Crippen LogP contribution is -1.88. The van der Waals surface area contributed by atoms with Crippen molar-refractivity contribution in [3.63, 3.8) is 0 Å². The van der Waals surface area contributed by atoms with Gasteiger partial charge in [-0.2, -0.15) is 0 Å².